The number of aliphatic hydroxyl groups is 1. The van der Waals surface area contributed by atoms with E-state index < -0.39 is 0 Å². The molecule has 0 saturated carbocycles. The maximum absolute atomic E-state index is 9.73. The van der Waals surface area contributed by atoms with Gasteiger partial charge in [0.1, 0.15) is 11.9 Å². The molecule has 40 heavy (non-hydrogen) atoms. The molecular formula is C31H34N8O. The highest BCUT2D eigenvalue weighted by molar-refractivity contribution is 6.08. The van der Waals surface area contributed by atoms with E-state index in [0.29, 0.717) is 23.2 Å². The van der Waals surface area contributed by atoms with Gasteiger partial charge < -0.3 is 20.7 Å². The summed E-state index contributed by atoms with van der Waals surface area (Å²) in [7, 11) is 0. The van der Waals surface area contributed by atoms with Crippen LogP contribution in [-0.4, -0.2) is 70.1 Å². The van der Waals surface area contributed by atoms with Gasteiger partial charge in [0.2, 0.25) is 0 Å². The third kappa shape index (κ3) is 6.04. The number of nitriles is 1. The number of allylic oxidation sites excluding steroid dienone is 1. The second-order valence-electron chi connectivity index (χ2n) is 10.2. The highest BCUT2D eigenvalue weighted by atomic mass is 16.3. The molecule has 4 heterocycles. The van der Waals surface area contributed by atoms with Gasteiger partial charge in [0, 0.05) is 92.9 Å². The summed E-state index contributed by atoms with van der Waals surface area (Å²) < 4.78 is 1.69. The Labute approximate surface area is 234 Å². The SMILES string of the molecule is CC(CO)CN/C=C(\C=N)c1cc(-c2ccc(N3CCN(Cc4ccccc4)CC3)nc2)c2c(C#N)cnn2c1. The maximum atomic E-state index is 9.73. The first-order chi connectivity index (χ1) is 19.6. The number of aromatic nitrogens is 3. The first-order valence-electron chi connectivity index (χ1n) is 13.5. The zero-order valence-electron chi connectivity index (χ0n) is 22.7. The van der Waals surface area contributed by atoms with Crippen LogP contribution in [0.4, 0.5) is 5.82 Å². The molecule has 1 aliphatic rings. The molecule has 1 aromatic carbocycles. The van der Waals surface area contributed by atoms with E-state index in [-0.39, 0.29) is 12.5 Å². The molecule has 0 amide bonds. The van der Waals surface area contributed by atoms with Crippen LogP contribution in [-0.2, 0) is 6.54 Å². The van der Waals surface area contributed by atoms with Crippen molar-refractivity contribution in [2.45, 2.75) is 13.5 Å². The molecule has 204 valence electrons. The van der Waals surface area contributed by atoms with Crippen molar-refractivity contribution in [3.63, 3.8) is 0 Å². The number of nitrogens with zero attached hydrogens (tertiary/aromatic N) is 6. The van der Waals surface area contributed by atoms with E-state index in [4.69, 9.17) is 10.4 Å². The number of rotatable bonds is 10. The monoisotopic (exact) mass is 534 g/mol. The van der Waals surface area contributed by atoms with Gasteiger partial charge in [-0.2, -0.15) is 10.4 Å². The average molecular weight is 535 g/mol. The lowest BCUT2D eigenvalue weighted by molar-refractivity contribution is 0.237. The Balaban J connectivity index is 1.37. The van der Waals surface area contributed by atoms with Crippen molar-refractivity contribution in [2.75, 3.05) is 44.2 Å². The zero-order chi connectivity index (χ0) is 27.9. The Bertz CT molecular complexity index is 1510. The molecule has 1 fully saturated rings. The van der Waals surface area contributed by atoms with Crippen molar-refractivity contribution in [3.8, 4) is 17.2 Å². The molecule has 0 radical (unpaired) electrons. The lowest BCUT2D eigenvalue weighted by Crippen LogP contribution is -2.46. The number of hydrogen-bond acceptors (Lipinski definition) is 8. The van der Waals surface area contributed by atoms with Crippen LogP contribution in [0, 0.1) is 22.7 Å². The van der Waals surface area contributed by atoms with E-state index >= 15 is 0 Å². The predicted molar refractivity (Wildman–Crippen MR) is 158 cm³/mol. The number of aliphatic hydroxyl groups excluding tert-OH is 1. The minimum Gasteiger partial charge on any atom is -0.396 e. The fraction of sp³-hybridized carbons (Fsp3) is 0.290. The van der Waals surface area contributed by atoms with Crippen molar-refractivity contribution in [3.05, 3.63) is 90.0 Å². The minimum absolute atomic E-state index is 0.0907. The van der Waals surface area contributed by atoms with Crippen molar-refractivity contribution < 1.29 is 5.11 Å². The number of fused-ring (bicyclic) bond motifs is 1. The van der Waals surface area contributed by atoms with Crippen molar-refractivity contribution in [2.24, 2.45) is 5.92 Å². The molecular weight excluding hydrogens is 500 g/mol. The van der Waals surface area contributed by atoms with Gasteiger partial charge in [0.05, 0.1) is 17.3 Å². The van der Waals surface area contributed by atoms with Crippen molar-refractivity contribution in [1.82, 2.24) is 24.8 Å². The highest BCUT2D eigenvalue weighted by Crippen LogP contribution is 2.31. The first-order valence-corrected chi connectivity index (χ1v) is 13.5. The molecule has 1 aliphatic heterocycles. The van der Waals surface area contributed by atoms with Gasteiger partial charge in [0.15, 0.2) is 0 Å². The van der Waals surface area contributed by atoms with Crippen LogP contribution in [0.3, 0.4) is 0 Å². The number of pyridine rings is 2. The molecule has 5 rings (SSSR count). The van der Waals surface area contributed by atoms with Gasteiger partial charge in [-0.15, -0.1) is 0 Å². The first kappa shape index (κ1) is 27.1. The van der Waals surface area contributed by atoms with E-state index in [9.17, 15) is 10.4 Å². The molecule has 1 unspecified atom stereocenters. The van der Waals surface area contributed by atoms with Gasteiger partial charge in [0.25, 0.3) is 0 Å². The van der Waals surface area contributed by atoms with Crippen molar-refractivity contribution >= 4 is 23.1 Å². The Morgan fingerprint density at radius 3 is 2.62 bits per heavy atom. The summed E-state index contributed by atoms with van der Waals surface area (Å²) in [5, 5.41) is 34.6. The summed E-state index contributed by atoms with van der Waals surface area (Å²) in [5.74, 6) is 1.04. The van der Waals surface area contributed by atoms with Gasteiger partial charge in [-0.1, -0.05) is 37.3 Å². The molecule has 0 spiro atoms. The molecule has 1 atom stereocenters. The fourth-order valence-electron chi connectivity index (χ4n) is 4.93. The van der Waals surface area contributed by atoms with E-state index in [1.807, 2.05) is 43.6 Å². The smallest absolute Gasteiger partial charge is 0.128 e. The Hall–Kier alpha value is -4.52. The largest absolute Gasteiger partial charge is 0.396 e. The molecule has 1 saturated heterocycles. The van der Waals surface area contributed by atoms with Gasteiger partial charge in [-0.05, 0) is 29.7 Å². The van der Waals surface area contributed by atoms with Crippen LogP contribution in [0.15, 0.2) is 73.3 Å². The normalized spacial score (nSPS) is 15.1. The number of piperazine rings is 1. The lowest BCUT2D eigenvalue weighted by Gasteiger charge is -2.35. The standard InChI is InChI=1S/C31H34N8O/c1-23(22-40)16-34-17-27(14-32)26-13-29(31-28(15-33)19-36-39(31)21-26)25-7-8-30(35-18-25)38-11-9-37(10-12-38)20-24-5-3-2-4-6-24/h2-8,13-14,17-19,21,23,32,34,40H,9-12,16,20,22H2,1H3/b27-17+,32-14?. The third-order valence-electron chi connectivity index (χ3n) is 7.26. The van der Waals surface area contributed by atoms with Crippen LogP contribution < -0.4 is 10.2 Å². The second-order valence-corrected chi connectivity index (χ2v) is 10.2. The average Bonchev–Trinajstić information content (AvgIpc) is 3.43. The van der Waals surface area contributed by atoms with Gasteiger partial charge in [-0.3, -0.25) is 4.90 Å². The van der Waals surface area contributed by atoms with Crippen molar-refractivity contribution in [1.29, 1.82) is 10.7 Å². The lowest BCUT2D eigenvalue weighted by atomic mass is 10.0. The summed E-state index contributed by atoms with van der Waals surface area (Å²) in [5.41, 5.74) is 5.68. The summed E-state index contributed by atoms with van der Waals surface area (Å²) in [4.78, 5) is 9.59. The number of benzene rings is 1. The number of anilines is 1. The minimum atomic E-state index is 0.0907. The van der Waals surface area contributed by atoms with E-state index in [0.717, 1.165) is 55.2 Å². The Morgan fingerprint density at radius 1 is 1.15 bits per heavy atom. The zero-order valence-corrected chi connectivity index (χ0v) is 22.7. The molecule has 4 aromatic rings. The van der Waals surface area contributed by atoms with E-state index in [1.54, 1.807) is 16.9 Å². The van der Waals surface area contributed by atoms with Gasteiger partial charge >= 0.3 is 0 Å². The van der Waals surface area contributed by atoms with E-state index in [1.165, 1.54) is 11.8 Å². The molecule has 3 aromatic heterocycles. The second kappa shape index (κ2) is 12.6. The van der Waals surface area contributed by atoms with Gasteiger partial charge in [-0.25, -0.2) is 9.50 Å². The van der Waals surface area contributed by atoms with Crippen LogP contribution in [0.2, 0.25) is 0 Å². The summed E-state index contributed by atoms with van der Waals surface area (Å²) in [6.45, 7) is 7.37. The third-order valence-corrected chi connectivity index (χ3v) is 7.26. The summed E-state index contributed by atoms with van der Waals surface area (Å²) in [6, 6.07) is 18.9. The van der Waals surface area contributed by atoms with Crippen LogP contribution in [0.25, 0.3) is 22.2 Å². The molecule has 0 bridgehead atoms. The Kier molecular flexibility index (Phi) is 8.50. The van der Waals surface area contributed by atoms with E-state index in [2.05, 4.69) is 50.5 Å². The predicted octanol–water partition coefficient (Wildman–Crippen LogP) is 3.80. The quantitative estimate of drug-likeness (QED) is 0.265. The number of nitrogens with one attached hydrogen (secondary N) is 2. The molecule has 9 heteroatoms. The molecule has 3 N–H and O–H groups in total. The topological polar surface area (TPSA) is 117 Å². The summed E-state index contributed by atoms with van der Waals surface area (Å²) >= 11 is 0. The maximum Gasteiger partial charge on any atom is 0.128 e. The van der Waals surface area contributed by atoms with Crippen LogP contribution in [0.1, 0.15) is 23.6 Å². The number of hydrogen-bond donors (Lipinski definition) is 3. The fourth-order valence-corrected chi connectivity index (χ4v) is 4.93. The Morgan fingerprint density at radius 2 is 1.95 bits per heavy atom. The molecule has 0 aliphatic carbocycles. The van der Waals surface area contributed by atoms with Crippen LogP contribution >= 0.6 is 0 Å². The highest BCUT2D eigenvalue weighted by Gasteiger charge is 2.19. The summed E-state index contributed by atoms with van der Waals surface area (Å²) in [6.07, 6.45) is 8.30. The van der Waals surface area contributed by atoms with Crippen LogP contribution in [0.5, 0.6) is 0 Å². The molecule has 9 nitrogen and oxygen atoms in total.